The van der Waals surface area contributed by atoms with Gasteiger partial charge < -0.3 is 0 Å². The SMILES string of the molecule is c1cc2c(c(-c3ccc(-c4ccc(-c5nccc6c5CCCC6)cc4)cc3)n1)CCCC2. The van der Waals surface area contributed by atoms with Gasteiger partial charge in [-0.25, -0.2) is 0 Å². The Labute approximate surface area is 190 Å². The second kappa shape index (κ2) is 8.35. The number of fused-ring (bicyclic) bond motifs is 2. The van der Waals surface area contributed by atoms with Crippen molar-refractivity contribution in [3.8, 4) is 33.6 Å². The molecule has 0 amide bonds. The topological polar surface area (TPSA) is 25.8 Å². The molecule has 0 N–H and O–H groups in total. The van der Waals surface area contributed by atoms with Gasteiger partial charge in [0.25, 0.3) is 0 Å². The van der Waals surface area contributed by atoms with Crippen molar-refractivity contribution in [2.75, 3.05) is 0 Å². The summed E-state index contributed by atoms with van der Waals surface area (Å²) in [5.74, 6) is 0. The van der Waals surface area contributed by atoms with Crippen LogP contribution in [0.5, 0.6) is 0 Å². The smallest absolute Gasteiger partial charge is 0.0736 e. The number of hydrogen-bond acceptors (Lipinski definition) is 2. The minimum absolute atomic E-state index is 1.15. The second-order valence-corrected chi connectivity index (χ2v) is 9.16. The molecule has 2 aromatic heterocycles. The molecule has 0 saturated heterocycles. The average Bonchev–Trinajstić information content (AvgIpc) is 2.88. The van der Waals surface area contributed by atoms with Crippen molar-refractivity contribution in [2.24, 2.45) is 0 Å². The van der Waals surface area contributed by atoms with Crippen molar-refractivity contribution in [3.05, 3.63) is 95.3 Å². The number of nitrogens with zero attached hydrogens (tertiary/aromatic N) is 2. The fraction of sp³-hybridized carbons (Fsp3) is 0.267. The molecule has 0 saturated carbocycles. The summed E-state index contributed by atoms with van der Waals surface area (Å²) in [5.41, 5.74) is 13.2. The Bertz CT molecular complexity index is 1150. The van der Waals surface area contributed by atoms with E-state index in [2.05, 4.69) is 60.7 Å². The summed E-state index contributed by atoms with van der Waals surface area (Å²) in [6, 6.07) is 22.3. The van der Waals surface area contributed by atoms with Crippen molar-refractivity contribution in [2.45, 2.75) is 51.4 Å². The summed E-state index contributed by atoms with van der Waals surface area (Å²) in [5, 5.41) is 0. The van der Waals surface area contributed by atoms with E-state index in [9.17, 15) is 0 Å². The Kier molecular flexibility index (Phi) is 5.07. The van der Waals surface area contributed by atoms with E-state index in [-0.39, 0.29) is 0 Å². The van der Waals surface area contributed by atoms with Gasteiger partial charge in [0.05, 0.1) is 11.4 Å². The van der Waals surface area contributed by atoms with E-state index in [1.165, 1.54) is 94.4 Å². The van der Waals surface area contributed by atoms with E-state index >= 15 is 0 Å². The molecule has 4 aromatic rings. The molecule has 0 atom stereocenters. The van der Waals surface area contributed by atoms with Crippen molar-refractivity contribution in [3.63, 3.8) is 0 Å². The summed E-state index contributed by atoms with van der Waals surface area (Å²) >= 11 is 0. The van der Waals surface area contributed by atoms with Gasteiger partial charge in [-0.3, -0.25) is 9.97 Å². The van der Waals surface area contributed by atoms with E-state index in [0.29, 0.717) is 0 Å². The highest BCUT2D eigenvalue weighted by molar-refractivity contribution is 5.73. The molecule has 0 bridgehead atoms. The Balaban J connectivity index is 1.28. The molecular formula is C30H28N2. The first-order valence-corrected chi connectivity index (χ1v) is 12.0. The van der Waals surface area contributed by atoms with Gasteiger partial charge in [-0.05, 0) is 96.9 Å². The van der Waals surface area contributed by atoms with Crippen LogP contribution < -0.4 is 0 Å². The average molecular weight is 417 g/mol. The number of aryl methyl sites for hydroxylation is 2. The first-order chi connectivity index (χ1) is 15.9. The first-order valence-electron chi connectivity index (χ1n) is 12.0. The quantitative estimate of drug-likeness (QED) is 0.352. The van der Waals surface area contributed by atoms with Gasteiger partial charge in [0.15, 0.2) is 0 Å². The summed E-state index contributed by atoms with van der Waals surface area (Å²) in [6.45, 7) is 0. The van der Waals surface area contributed by atoms with Crippen LogP contribution in [0.3, 0.4) is 0 Å². The van der Waals surface area contributed by atoms with Crippen LogP contribution in [0, 0.1) is 0 Å². The summed E-state index contributed by atoms with van der Waals surface area (Å²) in [6.07, 6.45) is 13.8. The summed E-state index contributed by atoms with van der Waals surface area (Å²) in [7, 11) is 0. The number of pyridine rings is 2. The summed E-state index contributed by atoms with van der Waals surface area (Å²) < 4.78 is 0. The predicted molar refractivity (Wildman–Crippen MR) is 132 cm³/mol. The van der Waals surface area contributed by atoms with Crippen molar-refractivity contribution < 1.29 is 0 Å². The van der Waals surface area contributed by atoms with Crippen LogP contribution in [-0.2, 0) is 25.7 Å². The highest BCUT2D eigenvalue weighted by atomic mass is 14.7. The van der Waals surface area contributed by atoms with E-state index in [4.69, 9.17) is 9.97 Å². The van der Waals surface area contributed by atoms with Gasteiger partial charge in [-0.2, -0.15) is 0 Å². The molecule has 0 spiro atoms. The third-order valence-corrected chi connectivity index (χ3v) is 7.20. The molecule has 32 heavy (non-hydrogen) atoms. The standard InChI is InChI=1S/C30H28N2/c1-3-7-27-23(5-1)17-19-31-29(27)25-13-9-21(10-14-25)22-11-15-26(16-12-22)30-28-8-4-2-6-24(28)18-20-32-30/h9-20H,1-8H2. The lowest BCUT2D eigenvalue weighted by molar-refractivity contribution is 0.684. The van der Waals surface area contributed by atoms with Crippen LogP contribution in [0.2, 0.25) is 0 Å². The molecule has 158 valence electrons. The fourth-order valence-electron chi connectivity index (χ4n) is 5.46. The van der Waals surface area contributed by atoms with E-state index in [1.807, 2.05) is 12.4 Å². The molecular weight excluding hydrogens is 388 g/mol. The molecule has 2 nitrogen and oxygen atoms in total. The van der Waals surface area contributed by atoms with E-state index in [0.717, 1.165) is 12.8 Å². The van der Waals surface area contributed by atoms with Crippen LogP contribution in [0.15, 0.2) is 73.1 Å². The monoisotopic (exact) mass is 416 g/mol. The Morgan fingerprint density at radius 1 is 0.406 bits per heavy atom. The molecule has 0 fully saturated rings. The summed E-state index contributed by atoms with van der Waals surface area (Å²) in [4.78, 5) is 9.48. The van der Waals surface area contributed by atoms with Crippen LogP contribution in [0.1, 0.15) is 47.9 Å². The van der Waals surface area contributed by atoms with Crippen LogP contribution >= 0.6 is 0 Å². The fourth-order valence-corrected chi connectivity index (χ4v) is 5.46. The lowest BCUT2D eigenvalue weighted by Crippen LogP contribution is -2.05. The third kappa shape index (κ3) is 3.54. The lowest BCUT2D eigenvalue weighted by Gasteiger charge is -2.19. The molecule has 6 rings (SSSR count). The normalized spacial score (nSPS) is 15.1. The Morgan fingerprint density at radius 3 is 1.22 bits per heavy atom. The van der Waals surface area contributed by atoms with Crippen molar-refractivity contribution in [1.82, 2.24) is 9.97 Å². The zero-order valence-corrected chi connectivity index (χ0v) is 18.5. The number of aromatic nitrogens is 2. The molecule has 2 aliphatic carbocycles. The number of rotatable bonds is 3. The maximum atomic E-state index is 4.74. The van der Waals surface area contributed by atoms with Crippen LogP contribution in [0.25, 0.3) is 33.6 Å². The van der Waals surface area contributed by atoms with Gasteiger partial charge in [-0.1, -0.05) is 48.5 Å². The van der Waals surface area contributed by atoms with Gasteiger partial charge in [0, 0.05) is 23.5 Å². The molecule has 0 radical (unpaired) electrons. The lowest BCUT2D eigenvalue weighted by atomic mass is 9.88. The van der Waals surface area contributed by atoms with Gasteiger partial charge in [0.1, 0.15) is 0 Å². The van der Waals surface area contributed by atoms with Gasteiger partial charge >= 0.3 is 0 Å². The van der Waals surface area contributed by atoms with Crippen LogP contribution in [0.4, 0.5) is 0 Å². The molecule has 2 heterocycles. The minimum Gasteiger partial charge on any atom is -0.256 e. The van der Waals surface area contributed by atoms with Gasteiger partial charge in [0.2, 0.25) is 0 Å². The highest BCUT2D eigenvalue weighted by Gasteiger charge is 2.16. The number of hydrogen-bond donors (Lipinski definition) is 0. The molecule has 2 heteroatoms. The van der Waals surface area contributed by atoms with Crippen molar-refractivity contribution in [1.29, 1.82) is 0 Å². The maximum Gasteiger partial charge on any atom is 0.0736 e. The maximum absolute atomic E-state index is 4.74. The minimum atomic E-state index is 1.15. The zero-order valence-electron chi connectivity index (χ0n) is 18.5. The Hall–Kier alpha value is -3.26. The first kappa shape index (κ1) is 19.4. The van der Waals surface area contributed by atoms with Crippen molar-refractivity contribution >= 4 is 0 Å². The molecule has 2 aromatic carbocycles. The second-order valence-electron chi connectivity index (χ2n) is 9.16. The van der Waals surface area contributed by atoms with Gasteiger partial charge in [-0.15, -0.1) is 0 Å². The largest absolute Gasteiger partial charge is 0.256 e. The molecule has 0 unspecified atom stereocenters. The van der Waals surface area contributed by atoms with E-state index in [1.54, 1.807) is 0 Å². The van der Waals surface area contributed by atoms with Crippen LogP contribution in [-0.4, -0.2) is 9.97 Å². The molecule has 2 aliphatic rings. The zero-order chi connectivity index (χ0) is 21.3. The highest BCUT2D eigenvalue weighted by Crippen LogP contribution is 2.33. The third-order valence-electron chi connectivity index (χ3n) is 7.20. The Morgan fingerprint density at radius 2 is 0.781 bits per heavy atom. The number of benzene rings is 2. The predicted octanol–water partition coefficient (Wildman–Crippen LogP) is 7.24. The van der Waals surface area contributed by atoms with E-state index < -0.39 is 0 Å². The molecule has 0 aliphatic heterocycles.